The lowest BCUT2D eigenvalue weighted by molar-refractivity contribution is 0.172. The van der Waals surface area contributed by atoms with Gasteiger partial charge in [0, 0.05) is 27.2 Å². The van der Waals surface area contributed by atoms with Crippen molar-refractivity contribution in [2.75, 3.05) is 34.3 Å². The molecule has 1 amide bonds. The van der Waals surface area contributed by atoms with Crippen molar-refractivity contribution in [3.8, 4) is 5.75 Å². The number of hydrogen-bond acceptors (Lipinski definition) is 4. The second kappa shape index (κ2) is 6.98. The highest BCUT2D eigenvalue weighted by Gasteiger charge is 2.06. The summed E-state index contributed by atoms with van der Waals surface area (Å²) in [5, 5.41) is 8.81. The van der Waals surface area contributed by atoms with Gasteiger partial charge in [0.15, 0.2) is 0 Å². The van der Waals surface area contributed by atoms with Crippen LogP contribution < -0.4 is 4.74 Å². The molecule has 0 unspecified atom stereocenters. The van der Waals surface area contributed by atoms with Crippen LogP contribution in [0.15, 0.2) is 24.3 Å². The van der Waals surface area contributed by atoms with E-state index >= 15 is 0 Å². The summed E-state index contributed by atoms with van der Waals surface area (Å²) in [5.74, 6) is 0.530. The molecular formula is C13H20N2O3. The minimum atomic E-state index is -0.389. The van der Waals surface area contributed by atoms with Gasteiger partial charge >= 0.3 is 6.09 Å². The van der Waals surface area contributed by atoms with Gasteiger partial charge in [-0.15, -0.1) is 0 Å². The van der Waals surface area contributed by atoms with Gasteiger partial charge in [-0.1, -0.05) is 12.1 Å². The Bertz CT molecular complexity index is 376. The van der Waals surface area contributed by atoms with Crippen molar-refractivity contribution in [1.29, 1.82) is 0 Å². The Kier molecular flexibility index (Phi) is 5.61. The Morgan fingerprint density at radius 3 is 2.33 bits per heavy atom. The summed E-state index contributed by atoms with van der Waals surface area (Å²) in [5.41, 5.74) is 1.11. The molecule has 0 spiro atoms. The number of rotatable bonds is 5. The van der Waals surface area contributed by atoms with Gasteiger partial charge in [-0.2, -0.15) is 0 Å². The number of hydrogen-bond donors (Lipinski definition) is 1. The van der Waals surface area contributed by atoms with Crippen LogP contribution in [0.25, 0.3) is 0 Å². The van der Waals surface area contributed by atoms with Crippen LogP contribution in [0.5, 0.6) is 5.75 Å². The van der Waals surface area contributed by atoms with Crippen LogP contribution in [0.2, 0.25) is 0 Å². The molecule has 100 valence electrons. The van der Waals surface area contributed by atoms with E-state index in [1.807, 2.05) is 24.1 Å². The second-order valence-corrected chi connectivity index (χ2v) is 4.37. The van der Waals surface area contributed by atoms with Gasteiger partial charge in [-0.25, -0.2) is 4.79 Å². The lowest BCUT2D eigenvalue weighted by Crippen LogP contribution is -2.25. The summed E-state index contributed by atoms with van der Waals surface area (Å²) in [6, 6.07) is 7.35. The average Bonchev–Trinajstić information content (AvgIpc) is 2.31. The lowest BCUT2D eigenvalue weighted by atomic mass is 10.2. The summed E-state index contributed by atoms with van der Waals surface area (Å²) >= 11 is 0. The first-order chi connectivity index (χ1) is 8.52. The Balaban J connectivity index is 2.54. The second-order valence-electron chi connectivity index (χ2n) is 4.37. The third kappa shape index (κ3) is 4.73. The highest BCUT2D eigenvalue weighted by Crippen LogP contribution is 2.14. The molecule has 0 atom stereocenters. The molecule has 5 nitrogen and oxygen atoms in total. The van der Waals surface area contributed by atoms with Crippen molar-refractivity contribution in [3.63, 3.8) is 0 Å². The number of aliphatic hydroxyl groups excluding tert-OH is 1. The van der Waals surface area contributed by atoms with Crippen molar-refractivity contribution in [3.05, 3.63) is 29.8 Å². The fourth-order valence-electron chi connectivity index (χ4n) is 1.42. The third-order valence-corrected chi connectivity index (χ3v) is 2.43. The number of aliphatic hydroxyl groups is 1. The molecule has 0 aliphatic rings. The first-order valence-electron chi connectivity index (χ1n) is 5.80. The third-order valence-electron chi connectivity index (χ3n) is 2.43. The van der Waals surface area contributed by atoms with E-state index in [0.717, 1.165) is 12.1 Å². The summed E-state index contributed by atoms with van der Waals surface area (Å²) in [7, 11) is 5.22. The van der Waals surface area contributed by atoms with Gasteiger partial charge in [0.05, 0.1) is 6.61 Å². The molecule has 0 radical (unpaired) electrons. The van der Waals surface area contributed by atoms with E-state index in [0.29, 0.717) is 12.3 Å². The summed E-state index contributed by atoms with van der Waals surface area (Å²) in [6.07, 6.45) is -0.389. The number of benzene rings is 1. The molecule has 1 N–H and O–H groups in total. The van der Waals surface area contributed by atoms with Crippen molar-refractivity contribution < 1.29 is 14.6 Å². The first kappa shape index (κ1) is 14.5. The van der Waals surface area contributed by atoms with Crippen LogP contribution in [0.4, 0.5) is 4.79 Å². The quantitative estimate of drug-likeness (QED) is 0.854. The largest absolute Gasteiger partial charge is 0.414 e. The molecule has 0 saturated carbocycles. The number of amides is 1. The zero-order valence-electron chi connectivity index (χ0n) is 11.1. The zero-order chi connectivity index (χ0) is 13.5. The molecule has 18 heavy (non-hydrogen) atoms. The number of carbonyl (C=O) groups excluding carboxylic acids is 1. The molecule has 1 aromatic carbocycles. The van der Waals surface area contributed by atoms with Crippen molar-refractivity contribution >= 4 is 6.09 Å². The van der Waals surface area contributed by atoms with Gasteiger partial charge < -0.3 is 14.7 Å². The fraction of sp³-hybridized carbons (Fsp3) is 0.462. The first-order valence-corrected chi connectivity index (χ1v) is 5.80. The van der Waals surface area contributed by atoms with Crippen LogP contribution in [0.1, 0.15) is 5.56 Å². The highest BCUT2D eigenvalue weighted by molar-refractivity contribution is 5.69. The van der Waals surface area contributed by atoms with Crippen LogP contribution in [0, 0.1) is 0 Å². The highest BCUT2D eigenvalue weighted by atomic mass is 16.6. The normalized spacial score (nSPS) is 10.5. The molecule has 1 aromatic rings. The van der Waals surface area contributed by atoms with Crippen LogP contribution in [0.3, 0.4) is 0 Å². The minimum absolute atomic E-state index is 0.148. The van der Waals surface area contributed by atoms with E-state index in [1.165, 1.54) is 4.90 Å². The SMILES string of the molecule is CN(CCO)Cc1ccc(OC(=O)N(C)C)cc1. The molecule has 0 aliphatic heterocycles. The average molecular weight is 252 g/mol. The Morgan fingerprint density at radius 2 is 1.83 bits per heavy atom. The van der Waals surface area contributed by atoms with Crippen molar-refractivity contribution in [2.24, 2.45) is 0 Å². The van der Waals surface area contributed by atoms with E-state index in [2.05, 4.69) is 0 Å². The number of nitrogens with zero attached hydrogens (tertiary/aromatic N) is 2. The molecule has 1 rings (SSSR count). The maximum Gasteiger partial charge on any atom is 0.414 e. The van der Waals surface area contributed by atoms with Crippen LogP contribution in [-0.4, -0.2) is 55.3 Å². The maximum atomic E-state index is 11.3. The zero-order valence-corrected chi connectivity index (χ0v) is 11.1. The number of carbonyl (C=O) groups is 1. The van der Waals surface area contributed by atoms with Gasteiger partial charge in [0.1, 0.15) is 5.75 Å². The monoisotopic (exact) mass is 252 g/mol. The Morgan fingerprint density at radius 1 is 1.22 bits per heavy atom. The molecular weight excluding hydrogens is 232 g/mol. The standard InChI is InChI=1S/C13H20N2O3/c1-14(2)13(17)18-12-6-4-11(5-7-12)10-15(3)8-9-16/h4-7,16H,8-10H2,1-3H3. The smallest absolute Gasteiger partial charge is 0.410 e. The van der Waals surface area contributed by atoms with Crippen LogP contribution >= 0.6 is 0 Å². The molecule has 0 saturated heterocycles. The Labute approximate surface area is 108 Å². The van der Waals surface area contributed by atoms with E-state index in [-0.39, 0.29) is 12.7 Å². The van der Waals surface area contributed by atoms with Crippen molar-refractivity contribution in [2.45, 2.75) is 6.54 Å². The van der Waals surface area contributed by atoms with E-state index in [4.69, 9.17) is 9.84 Å². The molecule has 0 bridgehead atoms. The van der Waals surface area contributed by atoms with Crippen LogP contribution in [-0.2, 0) is 6.54 Å². The lowest BCUT2D eigenvalue weighted by Gasteiger charge is -2.15. The molecule has 0 aliphatic carbocycles. The topological polar surface area (TPSA) is 53.0 Å². The van der Waals surface area contributed by atoms with E-state index in [1.54, 1.807) is 26.2 Å². The molecule has 0 heterocycles. The van der Waals surface area contributed by atoms with E-state index < -0.39 is 0 Å². The molecule has 5 heteroatoms. The fourth-order valence-corrected chi connectivity index (χ4v) is 1.42. The summed E-state index contributed by atoms with van der Waals surface area (Å²) in [4.78, 5) is 14.7. The molecule has 0 fully saturated rings. The van der Waals surface area contributed by atoms with Gasteiger partial charge in [0.25, 0.3) is 0 Å². The minimum Gasteiger partial charge on any atom is -0.410 e. The van der Waals surface area contributed by atoms with E-state index in [9.17, 15) is 4.79 Å². The van der Waals surface area contributed by atoms with Gasteiger partial charge in [0.2, 0.25) is 0 Å². The number of likely N-dealkylation sites (N-methyl/N-ethyl adjacent to an activating group) is 1. The predicted molar refractivity (Wildman–Crippen MR) is 69.6 cm³/mol. The summed E-state index contributed by atoms with van der Waals surface area (Å²) < 4.78 is 5.12. The maximum absolute atomic E-state index is 11.3. The Hall–Kier alpha value is -1.59. The molecule has 0 aromatic heterocycles. The van der Waals surface area contributed by atoms with Crippen molar-refractivity contribution in [1.82, 2.24) is 9.80 Å². The van der Waals surface area contributed by atoms with Gasteiger partial charge in [-0.3, -0.25) is 4.90 Å². The number of ether oxygens (including phenoxy) is 1. The van der Waals surface area contributed by atoms with Gasteiger partial charge in [-0.05, 0) is 24.7 Å². The predicted octanol–water partition coefficient (Wildman–Crippen LogP) is 1.17. The summed E-state index contributed by atoms with van der Waals surface area (Å²) in [6.45, 7) is 1.54.